The van der Waals surface area contributed by atoms with E-state index in [1.165, 1.54) is 11.8 Å². The Morgan fingerprint density at radius 3 is 2.18 bits per heavy atom. The van der Waals surface area contributed by atoms with Crippen molar-refractivity contribution in [2.75, 3.05) is 6.61 Å². The molecule has 1 saturated carbocycles. The van der Waals surface area contributed by atoms with Crippen LogP contribution in [0.3, 0.4) is 0 Å². The van der Waals surface area contributed by atoms with Crippen LogP contribution in [-0.2, 0) is 14.3 Å². The van der Waals surface area contributed by atoms with Crippen molar-refractivity contribution in [2.24, 2.45) is 0 Å². The number of carbonyl (C=O) groups is 3. The molecule has 2 amide bonds. The van der Waals surface area contributed by atoms with E-state index in [-0.39, 0.29) is 24.5 Å². The zero-order chi connectivity index (χ0) is 24.2. The maximum absolute atomic E-state index is 13.3. The normalized spacial score (nSPS) is 16.2. The molecule has 0 saturated heterocycles. The van der Waals surface area contributed by atoms with Gasteiger partial charge in [0.2, 0.25) is 5.91 Å². The summed E-state index contributed by atoms with van der Waals surface area (Å²) in [6.07, 6.45) is 2.95. The van der Waals surface area contributed by atoms with Crippen LogP contribution in [-0.4, -0.2) is 52.7 Å². The fourth-order valence-corrected chi connectivity index (χ4v) is 4.79. The van der Waals surface area contributed by atoms with E-state index in [9.17, 15) is 19.5 Å². The van der Waals surface area contributed by atoms with Crippen LogP contribution in [0.15, 0.2) is 48.5 Å². The van der Waals surface area contributed by atoms with Gasteiger partial charge in [0, 0.05) is 12.0 Å². The Bertz CT molecular complexity index is 1020. The molecule has 0 radical (unpaired) electrons. The van der Waals surface area contributed by atoms with Gasteiger partial charge >= 0.3 is 12.1 Å². The second kappa shape index (κ2) is 10.3. The molecule has 1 fully saturated rings. The van der Waals surface area contributed by atoms with Crippen molar-refractivity contribution >= 4 is 18.0 Å². The van der Waals surface area contributed by atoms with Crippen molar-refractivity contribution in [2.45, 2.75) is 70.0 Å². The molecule has 2 N–H and O–H groups in total. The standard InChI is InChI=1S/C27H32N2O5/c1-3-4-13-24(25(30)29(18-14-15-18)17(2)26(31)32)28-27(33)34-16-23-21-11-7-5-9-19(21)20-10-6-8-12-22(20)23/h5-12,17-18,23-24H,3-4,13-16H2,1-2H3,(H,28,33)(H,31,32)/t17?,24-/m0/s1. The van der Waals surface area contributed by atoms with Crippen molar-refractivity contribution in [1.82, 2.24) is 10.2 Å². The third-order valence-electron chi connectivity index (χ3n) is 6.75. The van der Waals surface area contributed by atoms with Gasteiger partial charge in [-0.15, -0.1) is 0 Å². The summed E-state index contributed by atoms with van der Waals surface area (Å²) < 4.78 is 5.63. The summed E-state index contributed by atoms with van der Waals surface area (Å²) in [7, 11) is 0. The molecule has 0 aromatic heterocycles. The first-order chi connectivity index (χ1) is 16.4. The number of carboxylic acids is 1. The molecule has 4 rings (SSSR count). The van der Waals surface area contributed by atoms with Crippen LogP contribution in [0.4, 0.5) is 4.79 Å². The topological polar surface area (TPSA) is 95.9 Å². The van der Waals surface area contributed by atoms with Gasteiger partial charge in [-0.2, -0.15) is 0 Å². The largest absolute Gasteiger partial charge is 0.480 e. The van der Waals surface area contributed by atoms with Gasteiger partial charge in [0.25, 0.3) is 0 Å². The van der Waals surface area contributed by atoms with Gasteiger partial charge in [0.1, 0.15) is 18.7 Å². The molecule has 7 nitrogen and oxygen atoms in total. The second-order valence-electron chi connectivity index (χ2n) is 9.16. The molecule has 2 aromatic rings. The molecule has 0 bridgehead atoms. The molecule has 2 aliphatic carbocycles. The lowest BCUT2D eigenvalue weighted by Gasteiger charge is -2.30. The maximum Gasteiger partial charge on any atom is 0.407 e. The number of nitrogens with zero attached hydrogens (tertiary/aromatic N) is 1. The molecule has 0 spiro atoms. The summed E-state index contributed by atoms with van der Waals surface area (Å²) >= 11 is 0. The van der Waals surface area contributed by atoms with Gasteiger partial charge in [-0.3, -0.25) is 4.79 Å². The molecule has 7 heteroatoms. The number of ether oxygens (including phenoxy) is 1. The number of carbonyl (C=O) groups excluding carboxylic acids is 2. The van der Waals surface area contributed by atoms with E-state index in [0.29, 0.717) is 6.42 Å². The first-order valence-electron chi connectivity index (χ1n) is 12.1. The van der Waals surface area contributed by atoms with E-state index in [1.54, 1.807) is 0 Å². The van der Waals surface area contributed by atoms with Gasteiger partial charge in [0.15, 0.2) is 0 Å². The smallest absolute Gasteiger partial charge is 0.407 e. The molecule has 0 aliphatic heterocycles. The van der Waals surface area contributed by atoms with Crippen molar-refractivity contribution in [3.8, 4) is 11.1 Å². The predicted octanol–water partition coefficient (Wildman–Crippen LogP) is 4.55. The third kappa shape index (κ3) is 4.93. The van der Waals surface area contributed by atoms with Crippen LogP contribution in [0.2, 0.25) is 0 Å². The van der Waals surface area contributed by atoms with Crippen molar-refractivity contribution in [1.29, 1.82) is 0 Å². The third-order valence-corrected chi connectivity index (χ3v) is 6.75. The molecule has 0 heterocycles. The lowest BCUT2D eigenvalue weighted by Crippen LogP contribution is -2.54. The summed E-state index contributed by atoms with van der Waals surface area (Å²) in [5.41, 5.74) is 4.52. The highest BCUT2D eigenvalue weighted by Gasteiger charge is 2.41. The highest BCUT2D eigenvalue weighted by molar-refractivity contribution is 5.89. The van der Waals surface area contributed by atoms with Gasteiger partial charge < -0.3 is 20.1 Å². The van der Waals surface area contributed by atoms with E-state index in [0.717, 1.165) is 47.9 Å². The summed E-state index contributed by atoms with van der Waals surface area (Å²) in [5.74, 6) is -1.46. The Morgan fingerprint density at radius 1 is 1.06 bits per heavy atom. The van der Waals surface area contributed by atoms with Gasteiger partial charge in [-0.05, 0) is 48.4 Å². The number of aliphatic carboxylic acids is 1. The monoisotopic (exact) mass is 464 g/mol. The van der Waals surface area contributed by atoms with E-state index in [1.807, 2.05) is 31.2 Å². The SMILES string of the molecule is CCCC[C@H](NC(=O)OCC1c2ccccc2-c2ccccc21)C(=O)N(C1CC1)C(C)C(=O)O. The summed E-state index contributed by atoms with van der Waals surface area (Å²) in [6, 6.07) is 14.4. The van der Waals surface area contributed by atoms with Crippen LogP contribution in [0, 0.1) is 0 Å². The highest BCUT2D eigenvalue weighted by atomic mass is 16.5. The van der Waals surface area contributed by atoms with Gasteiger partial charge in [-0.1, -0.05) is 68.3 Å². The number of fused-ring (bicyclic) bond motifs is 3. The number of unbranched alkanes of at least 4 members (excludes halogenated alkanes) is 1. The quantitative estimate of drug-likeness (QED) is 0.538. The number of hydrogen-bond donors (Lipinski definition) is 2. The van der Waals surface area contributed by atoms with Crippen molar-refractivity contribution in [3.05, 3.63) is 59.7 Å². The molecule has 2 aliphatic rings. The number of benzene rings is 2. The Kier molecular flexibility index (Phi) is 7.20. The van der Waals surface area contributed by atoms with Crippen LogP contribution < -0.4 is 5.32 Å². The number of carboxylic acid groups (broad SMARTS) is 1. The Labute approximate surface area is 200 Å². The summed E-state index contributed by atoms with van der Waals surface area (Å²) in [5, 5.41) is 12.2. The predicted molar refractivity (Wildman–Crippen MR) is 128 cm³/mol. The minimum Gasteiger partial charge on any atom is -0.480 e. The Morgan fingerprint density at radius 2 is 1.65 bits per heavy atom. The lowest BCUT2D eigenvalue weighted by atomic mass is 9.98. The maximum atomic E-state index is 13.3. The molecule has 34 heavy (non-hydrogen) atoms. The average Bonchev–Trinajstić information content (AvgIpc) is 3.62. The fourth-order valence-electron chi connectivity index (χ4n) is 4.79. The highest BCUT2D eigenvalue weighted by Crippen LogP contribution is 2.44. The number of amides is 2. The van der Waals surface area contributed by atoms with Crippen molar-refractivity contribution in [3.63, 3.8) is 0 Å². The fraction of sp³-hybridized carbons (Fsp3) is 0.444. The molecule has 180 valence electrons. The molecule has 1 unspecified atom stereocenters. The van der Waals surface area contributed by atoms with E-state index in [4.69, 9.17) is 4.74 Å². The molecule has 2 atom stereocenters. The zero-order valence-electron chi connectivity index (χ0n) is 19.7. The van der Waals surface area contributed by atoms with Crippen LogP contribution in [0.25, 0.3) is 11.1 Å². The van der Waals surface area contributed by atoms with Gasteiger partial charge in [0.05, 0.1) is 0 Å². The lowest BCUT2D eigenvalue weighted by molar-refractivity contribution is -0.151. The van der Waals surface area contributed by atoms with Crippen LogP contribution in [0.5, 0.6) is 0 Å². The Hall–Kier alpha value is -3.35. The summed E-state index contributed by atoms with van der Waals surface area (Å²) in [6.45, 7) is 3.68. The van der Waals surface area contributed by atoms with E-state index < -0.39 is 24.1 Å². The molecule has 2 aromatic carbocycles. The average molecular weight is 465 g/mol. The van der Waals surface area contributed by atoms with Gasteiger partial charge in [-0.25, -0.2) is 9.59 Å². The van der Waals surface area contributed by atoms with E-state index in [2.05, 4.69) is 29.6 Å². The first kappa shape index (κ1) is 23.8. The number of nitrogens with one attached hydrogen (secondary N) is 1. The summed E-state index contributed by atoms with van der Waals surface area (Å²) in [4.78, 5) is 39.1. The van der Waals surface area contributed by atoms with Crippen LogP contribution >= 0.6 is 0 Å². The molecular weight excluding hydrogens is 432 g/mol. The van der Waals surface area contributed by atoms with Crippen LogP contribution in [0.1, 0.15) is 63.0 Å². The minimum atomic E-state index is -1.05. The second-order valence-corrected chi connectivity index (χ2v) is 9.16. The van der Waals surface area contributed by atoms with E-state index >= 15 is 0 Å². The molecular formula is C27H32N2O5. The number of rotatable bonds is 10. The first-order valence-corrected chi connectivity index (χ1v) is 12.1. The number of hydrogen-bond acceptors (Lipinski definition) is 4. The Balaban J connectivity index is 1.45. The minimum absolute atomic E-state index is 0.0714. The van der Waals surface area contributed by atoms with Crippen molar-refractivity contribution < 1.29 is 24.2 Å². The number of alkyl carbamates (subject to hydrolysis) is 1. The zero-order valence-corrected chi connectivity index (χ0v) is 19.7.